The molecular formula is C12H13F4NO2. The van der Waals surface area contributed by atoms with E-state index < -0.39 is 24.4 Å². The zero-order valence-electron chi connectivity index (χ0n) is 10.1. The van der Waals surface area contributed by atoms with Gasteiger partial charge in [-0.2, -0.15) is 13.2 Å². The highest BCUT2D eigenvalue weighted by atomic mass is 19.4. The average Bonchev–Trinajstić information content (AvgIpc) is 2.35. The van der Waals surface area contributed by atoms with Crippen molar-refractivity contribution in [1.29, 1.82) is 0 Å². The molecular weight excluding hydrogens is 266 g/mol. The van der Waals surface area contributed by atoms with Gasteiger partial charge in [-0.15, -0.1) is 5.48 Å². The number of nitrogens with one attached hydrogen (secondary N) is 1. The lowest BCUT2D eigenvalue weighted by Crippen LogP contribution is -2.36. The molecule has 2 unspecified atom stereocenters. The minimum absolute atomic E-state index is 0.116. The van der Waals surface area contributed by atoms with Crippen molar-refractivity contribution in [3.8, 4) is 0 Å². The molecule has 1 aromatic rings. The minimum Gasteiger partial charge on any atom is -0.363 e. The van der Waals surface area contributed by atoms with Crippen LogP contribution >= 0.6 is 0 Å². The molecule has 3 nitrogen and oxygen atoms in total. The molecule has 0 saturated carbocycles. The van der Waals surface area contributed by atoms with E-state index in [1.54, 1.807) is 30.3 Å². The lowest BCUT2D eigenvalue weighted by atomic mass is 10.0. The lowest BCUT2D eigenvalue weighted by Gasteiger charge is -2.16. The number of hydroxylamine groups is 1. The number of hydrogen-bond acceptors (Lipinski definition) is 3. The summed E-state index contributed by atoms with van der Waals surface area (Å²) in [6.07, 6.45) is -6.54. The van der Waals surface area contributed by atoms with Crippen molar-refractivity contribution in [2.45, 2.75) is 31.7 Å². The van der Waals surface area contributed by atoms with Gasteiger partial charge in [0.05, 0.1) is 0 Å². The quantitative estimate of drug-likeness (QED) is 0.665. The monoisotopic (exact) mass is 279 g/mol. The van der Waals surface area contributed by atoms with Crippen LogP contribution in [0.15, 0.2) is 30.3 Å². The van der Waals surface area contributed by atoms with Gasteiger partial charge in [-0.05, 0) is 12.5 Å². The number of rotatable bonds is 5. The standard InChI is InChI=1S/C12H13F4NO2/c1-8(17-19-11(18)12(14,15)16)7-10(13)9-5-3-2-4-6-9/h2-6,8,10,17H,7H2,1H3. The molecule has 0 aliphatic rings. The number of benzene rings is 1. The van der Waals surface area contributed by atoms with Crippen LogP contribution in [0.5, 0.6) is 0 Å². The van der Waals surface area contributed by atoms with Crippen LogP contribution in [-0.2, 0) is 9.63 Å². The highest BCUT2D eigenvalue weighted by molar-refractivity contribution is 5.75. The van der Waals surface area contributed by atoms with Crippen molar-refractivity contribution in [1.82, 2.24) is 5.48 Å². The van der Waals surface area contributed by atoms with Crippen LogP contribution in [0, 0.1) is 0 Å². The summed E-state index contributed by atoms with van der Waals surface area (Å²) in [6.45, 7) is 1.42. The molecule has 106 valence electrons. The maximum absolute atomic E-state index is 13.7. The SMILES string of the molecule is CC(CC(F)c1ccccc1)NOC(=O)C(F)(F)F. The molecule has 0 radical (unpaired) electrons. The molecule has 19 heavy (non-hydrogen) atoms. The number of hydrogen-bond donors (Lipinski definition) is 1. The van der Waals surface area contributed by atoms with Crippen LogP contribution in [0.25, 0.3) is 0 Å². The van der Waals surface area contributed by atoms with E-state index in [2.05, 4.69) is 4.84 Å². The largest absolute Gasteiger partial charge is 0.492 e. The summed E-state index contributed by atoms with van der Waals surface area (Å²) >= 11 is 0. The zero-order valence-corrected chi connectivity index (χ0v) is 10.1. The summed E-state index contributed by atoms with van der Waals surface area (Å²) < 4.78 is 49.3. The Morgan fingerprint density at radius 1 is 1.32 bits per heavy atom. The van der Waals surface area contributed by atoms with Gasteiger partial charge in [-0.1, -0.05) is 30.3 Å². The van der Waals surface area contributed by atoms with Crippen molar-refractivity contribution in [2.24, 2.45) is 0 Å². The van der Waals surface area contributed by atoms with Crippen LogP contribution in [-0.4, -0.2) is 18.2 Å². The summed E-state index contributed by atoms with van der Waals surface area (Å²) in [6, 6.07) is 7.43. The van der Waals surface area contributed by atoms with Gasteiger partial charge in [0.1, 0.15) is 6.17 Å². The fraction of sp³-hybridized carbons (Fsp3) is 0.417. The summed E-state index contributed by atoms with van der Waals surface area (Å²) in [5, 5.41) is 0. The van der Waals surface area contributed by atoms with Gasteiger partial charge in [0.15, 0.2) is 0 Å². The molecule has 0 aliphatic heterocycles. The van der Waals surface area contributed by atoms with Gasteiger partial charge in [0.25, 0.3) is 0 Å². The zero-order chi connectivity index (χ0) is 14.5. The molecule has 0 saturated heterocycles. The van der Waals surface area contributed by atoms with Crippen molar-refractivity contribution in [3.05, 3.63) is 35.9 Å². The van der Waals surface area contributed by atoms with Crippen molar-refractivity contribution in [3.63, 3.8) is 0 Å². The van der Waals surface area contributed by atoms with E-state index in [1.807, 2.05) is 5.48 Å². The number of carbonyl (C=O) groups excluding carboxylic acids is 1. The second-order valence-corrected chi connectivity index (χ2v) is 4.02. The number of halogens is 4. The minimum atomic E-state index is -5.07. The smallest absolute Gasteiger partial charge is 0.363 e. The van der Waals surface area contributed by atoms with Gasteiger partial charge in [0.2, 0.25) is 0 Å². The van der Waals surface area contributed by atoms with Crippen LogP contribution in [0.3, 0.4) is 0 Å². The third kappa shape index (κ3) is 5.25. The summed E-state index contributed by atoms with van der Waals surface area (Å²) in [7, 11) is 0. The van der Waals surface area contributed by atoms with Crippen LogP contribution < -0.4 is 5.48 Å². The Labute approximate surface area is 107 Å². The maximum Gasteiger partial charge on any atom is 0.492 e. The van der Waals surface area contributed by atoms with E-state index in [0.29, 0.717) is 5.56 Å². The Balaban J connectivity index is 2.40. The third-order valence-corrected chi connectivity index (χ3v) is 2.31. The van der Waals surface area contributed by atoms with E-state index in [4.69, 9.17) is 0 Å². The molecule has 0 aliphatic carbocycles. The first-order valence-corrected chi connectivity index (χ1v) is 5.53. The van der Waals surface area contributed by atoms with Gasteiger partial charge in [-0.3, -0.25) is 0 Å². The molecule has 0 fully saturated rings. The van der Waals surface area contributed by atoms with Gasteiger partial charge in [-0.25, -0.2) is 9.18 Å². The van der Waals surface area contributed by atoms with E-state index in [9.17, 15) is 22.4 Å². The second kappa shape index (κ2) is 6.51. The fourth-order valence-electron chi connectivity index (χ4n) is 1.37. The van der Waals surface area contributed by atoms with Crippen molar-refractivity contribution >= 4 is 5.97 Å². The normalized spacial score (nSPS) is 14.8. The average molecular weight is 279 g/mol. The topological polar surface area (TPSA) is 38.3 Å². The molecule has 0 aromatic heterocycles. The highest BCUT2D eigenvalue weighted by Gasteiger charge is 2.41. The molecule has 0 bridgehead atoms. The Morgan fingerprint density at radius 2 is 1.89 bits per heavy atom. The summed E-state index contributed by atoms with van der Waals surface area (Å²) in [5.41, 5.74) is 2.30. The first kappa shape index (κ1) is 15.4. The predicted molar refractivity (Wildman–Crippen MR) is 59.7 cm³/mol. The van der Waals surface area contributed by atoms with E-state index >= 15 is 0 Å². The molecule has 1 aromatic carbocycles. The number of alkyl halides is 4. The van der Waals surface area contributed by atoms with E-state index in [0.717, 1.165) is 0 Å². The second-order valence-electron chi connectivity index (χ2n) is 4.02. The molecule has 0 amide bonds. The lowest BCUT2D eigenvalue weighted by molar-refractivity contribution is -0.208. The van der Waals surface area contributed by atoms with Crippen molar-refractivity contribution < 1.29 is 27.2 Å². The van der Waals surface area contributed by atoms with Crippen molar-refractivity contribution in [2.75, 3.05) is 0 Å². The molecule has 1 rings (SSSR count). The highest BCUT2D eigenvalue weighted by Crippen LogP contribution is 2.22. The predicted octanol–water partition coefficient (Wildman–Crippen LogP) is 3.09. The molecule has 1 N–H and O–H groups in total. The molecule has 7 heteroatoms. The van der Waals surface area contributed by atoms with E-state index in [1.165, 1.54) is 6.92 Å². The fourth-order valence-corrected chi connectivity index (χ4v) is 1.37. The molecule has 0 spiro atoms. The number of carbonyl (C=O) groups is 1. The summed E-state index contributed by atoms with van der Waals surface area (Å²) in [4.78, 5) is 14.2. The third-order valence-electron chi connectivity index (χ3n) is 2.31. The van der Waals surface area contributed by atoms with Crippen LogP contribution in [0.4, 0.5) is 17.6 Å². The first-order chi connectivity index (χ1) is 8.80. The first-order valence-electron chi connectivity index (χ1n) is 5.53. The van der Waals surface area contributed by atoms with Gasteiger partial charge >= 0.3 is 12.1 Å². The maximum atomic E-state index is 13.7. The van der Waals surface area contributed by atoms with Crippen LogP contribution in [0.1, 0.15) is 25.1 Å². The molecule has 0 heterocycles. The Bertz CT molecular complexity index is 408. The van der Waals surface area contributed by atoms with E-state index in [-0.39, 0.29) is 6.42 Å². The Hall–Kier alpha value is -1.63. The Morgan fingerprint density at radius 3 is 2.42 bits per heavy atom. The van der Waals surface area contributed by atoms with Gasteiger partial charge in [0, 0.05) is 12.5 Å². The molecule has 2 atom stereocenters. The summed E-state index contributed by atoms with van der Waals surface area (Å²) in [5.74, 6) is -2.35. The van der Waals surface area contributed by atoms with Gasteiger partial charge < -0.3 is 4.84 Å². The van der Waals surface area contributed by atoms with Crippen LogP contribution in [0.2, 0.25) is 0 Å². The Kier molecular flexibility index (Phi) is 5.29.